The molecule has 5 saturated carbocycles. The van der Waals surface area contributed by atoms with Crippen molar-refractivity contribution in [1.29, 1.82) is 0 Å². The number of halogens is 2. The van der Waals surface area contributed by atoms with Gasteiger partial charge in [-0.1, -0.05) is 61.0 Å². The molecule has 3 aromatic rings. The number of hydrogen-bond donors (Lipinski definition) is 3. The lowest BCUT2D eigenvalue weighted by atomic mass is 9.49. The summed E-state index contributed by atoms with van der Waals surface area (Å²) >= 11 is 0. The van der Waals surface area contributed by atoms with Gasteiger partial charge in [0.2, 0.25) is 0 Å². The molecule has 6 bridgehead atoms. The van der Waals surface area contributed by atoms with E-state index < -0.39 is 34.5 Å². The number of ketones is 1. The summed E-state index contributed by atoms with van der Waals surface area (Å²) in [7, 11) is 0. The lowest BCUT2D eigenvalue weighted by molar-refractivity contribution is -0.0985. The van der Waals surface area contributed by atoms with E-state index in [2.05, 4.69) is 25.2 Å². The van der Waals surface area contributed by atoms with Gasteiger partial charge in [-0.05, 0) is 167 Å². The van der Waals surface area contributed by atoms with Gasteiger partial charge in [0.05, 0.1) is 24.3 Å². The number of allylic oxidation sites excluding steroid dienone is 2. The molecule has 0 spiro atoms. The summed E-state index contributed by atoms with van der Waals surface area (Å²) in [5.74, 6) is -0.651. The van der Waals surface area contributed by atoms with Crippen molar-refractivity contribution in [3.63, 3.8) is 0 Å². The number of hydrogen-bond acceptors (Lipinski definition) is 4. The van der Waals surface area contributed by atoms with E-state index in [1.807, 2.05) is 60.4 Å². The van der Waals surface area contributed by atoms with Gasteiger partial charge in [0, 0.05) is 23.1 Å². The highest BCUT2D eigenvalue weighted by atomic mass is 19.2. The topological polar surface area (TPSA) is 89.9 Å². The molecular formula is C49H60F2N2O4. The highest BCUT2D eigenvalue weighted by Crippen LogP contribution is 2.62. The highest BCUT2D eigenvalue weighted by molar-refractivity contribution is 6.10. The molecule has 0 radical (unpaired) electrons. The Morgan fingerprint density at radius 1 is 0.895 bits per heavy atom. The monoisotopic (exact) mass is 778 g/mol. The maximum absolute atomic E-state index is 14.7. The summed E-state index contributed by atoms with van der Waals surface area (Å²) in [5.41, 5.74) is 2.19. The van der Waals surface area contributed by atoms with Crippen LogP contribution in [0.3, 0.4) is 0 Å². The molecule has 7 aliphatic carbocycles. The minimum Gasteiger partial charge on any atom is -0.393 e. The summed E-state index contributed by atoms with van der Waals surface area (Å²) in [6, 6.07) is 18.6. The molecule has 5 atom stereocenters. The first kappa shape index (κ1) is 39.9. The van der Waals surface area contributed by atoms with Gasteiger partial charge in [0.25, 0.3) is 0 Å². The van der Waals surface area contributed by atoms with E-state index in [4.69, 9.17) is 0 Å². The molecule has 8 heteroatoms. The number of rotatable bonds is 8. The van der Waals surface area contributed by atoms with E-state index in [1.165, 1.54) is 30.9 Å². The van der Waals surface area contributed by atoms with Crippen molar-refractivity contribution in [2.75, 3.05) is 13.1 Å². The number of carbonyl (C=O) groups excluding carboxylic acids is 2. The van der Waals surface area contributed by atoms with Gasteiger partial charge in [-0.3, -0.25) is 4.79 Å². The fraction of sp³-hybridized carbons (Fsp3) is 0.551. The average molecular weight is 779 g/mol. The first-order valence-corrected chi connectivity index (χ1v) is 21.5. The Kier molecular flexibility index (Phi) is 11.0. The zero-order valence-corrected chi connectivity index (χ0v) is 33.9. The van der Waals surface area contributed by atoms with E-state index in [-0.39, 0.29) is 35.5 Å². The molecule has 5 fully saturated rings. The van der Waals surface area contributed by atoms with Crippen LogP contribution >= 0.6 is 0 Å². The van der Waals surface area contributed by atoms with Crippen molar-refractivity contribution >= 4 is 11.8 Å². The Balaban J connectivity index is 1.18. The van der Waals surface area contributed by atoms with Crippen LogP contribution in [0.15, 0.2) is 78.4 Å². The second kappa shape index (κ2) is 15.7. The number of nitrogens with one attached hydrogen (secondary N) is 1. The van der Waals surface area contributed by atoms with Crippen LogP contribution in [-0.2, 0) is 6.42 Å². The average Bonchev–Trinajstić information content (AvgIpc) is 3.42. The van der Waals surface area contributed by atoms with Crippen molar-refractivity contribution in [2.45, 2.75) is 128 Å². The lowest BCUT2D eigenvalue weighted by Gasteiger charge is -2.58. The van der Waals surface area contributed by atoms with Crippen LogP contribution < -0.4 is 5.32 Å². The van der Waals surface area contributed by atoms with Gasteiger partial charge in [-0.15, -0.1) is 0 Å². The Labute approximate surface area is 337 Å². The quantitative estimate of drug-likeness (QED) is 0.157. The Morgan fingerprint density at radius 3 is 2.28 bits per heavy atom. The molecule has 0 aromatic heterocycles. The molecule has 3 aromatic carbocycles. The molecule has 57 heavy (non-hydrogen) atoms. The van der Waals surface area contributed by atoms with Crippen LogP contribution in [0.2, 0.25) is 0 Å². The third-order valence-corrected chi connectivity index (χ3v) is 15.2. The normalized spacial score (nSPS) is 32.6. The largest absolute Gasteiger partial charge is 0.393 e. The zero-order chi connectivity index (χ0) is 40.1. The molecule has 7 aliphatic rings. The summed E-state index contributed by atoms with van der Waals surface area (Å²) in [6.45, 7) is 7.03. The van der Waals surface area contributed by atoms with Crippen molar-refractivity contribution in [1.82, 2.24) is 10.2 Å². The van der Waals surface area contributed by atoms with Crippen LogP contribution in [-0.4, -0.2) is 51.7 Å². The maximum Gasteiger partial charge on any atom is 0.317 e. The third kappa shape index (κ3) is 7.98. The van der Waals surface area contributed by atoms with Crippen LogP contribution in [0.1, 0.15) is 142 Å². The fourth-order valence-electron chi connectivity index (χ4n) is 12.5. The number of fused-ring (bicyclic) bond motifs is 8. The van der Waals surface area contributed by atoms with E-state index in [1.54, 1.807) is 0 Å². The number of aliphatic hydroxyl groups is 2. The highest BCUT2D eigenvalue weighted by Gasteiger charge is 2.59. The molecule has 0 heterocycles. The van der Waals surface area contributed by atoms with E-state index in [0.29, 0.717) is 68.4 Å². The van der Waals surface area contributed by atoms with Gasteiger partial charge in [-0.25, -0.2) is 13.6 Å². The predicted molar refractivity (Wildman–Crippen MR) is 219 cm³/mol. The van der Waals surface area contributed by atoms with E-state index in [0.717, 1.165) is 54.5 Å². The maximum atomic E-state index is 14.7. The number of aliphatic hydroxyl groups excluding tert-OH is 1. The van der Waals surface area contributed by atoms with Crippen molar-refractivity contribution in [3.8, 4) is 0 Å². The molecule has 6 nitrogen and oxygen atoms in total. The van der Waals surface area contributed by atoms with E-state index >= 15 is 0 Å². The van der Waals surface area contributed by atoms with Crippen molar-refractivity contribution in [2.24, 2.45) is 28.6 Å². The Hall–Kier alpha value is -3.88. The van der Waals surface area contributed by atoms with Crippen molar-refractivity contribution < 1.29 is 28.6 Å². The second-order valence-corrected chi connectivity index (χ2v) is 19.3. The smallest absolute Gasteiger partial charge is 0.317 e. The number of amides is 2. The van der Waals surface area contributed by atoms with Crippen LogP contribution in [0.4, 0.5) is 13.6 Å². The van der Waals surface area contributed by atoms with Crippen molar-refractivity contribution in [3.05, 3.63) is 118 Å². The van der Waals surface area contributed by atoms with Gasteiger partial charge < -0.3 is 20.4 Å². The Morgan fingerprint density at radius 2 is 1.60 bits per heavy atom. The summed E-state index contributed by atoms with van der Waals surface area (Å²) < 4.78 is 28.6. The molecule has 3 N–H and O–H groups in total. The fourth-order valence-corrected chi connectivity index (χ4v) is 12.5. The minimum atomic E-state index is -1.29. The summed E-state index contributed by atoms with van der Waals surface area (Å²) in [5, 5.41) is 27.7. The first-order chi connectivity index (χ1) is 27.2. The number of nitrogens with zero attached hydrogens (tertiary/aromatic N) is 1. The predicted octanol–water partition coefficient (Wildman–Crippen LogP) is 10.2. The molecule has 0 aliphatic heterocycles. The van der Waals surface area contributed by atoms with Gasteiger partial charge in [-0.2, -0.15) is 0 Å². The Bertz CT molecular complexity index is 1980. The van der Waals surface area contributed by atoms with Gasteiger partial charge >= 0.3 is 6.03 Å². The van der Waals surface area contributed by atoms with E-state index in [9.17, 15) is 28.6 Å². The SMILES string of the molecule is CC1=CCC[C@@]2(C)[C@@H](CC[C@@]2(O)CN(CC23CC4CC(CC(C4)C2)C3)C(=O)N[C@H](C)c2ccccc2)c2ccc(cc2C(=O)c2ccc(F)c(F)c2)C[C@@H](O)CC1. The van der Waals surface area contributed by atoms with Gasteiger partial charge in [0.15, 0.2) is 17.4 Å². The molecule has 2 amide bonds. The first-order valence-electron chi connectivity index (χ1n) is 21.5. The number of carbonyl (C=O) groups is 2. The molecule has 0 saturated heterocycles. The van der Waals surface area contributed by atoms with Crippen LogP contribution in [0, 0.1) is 40.2 Å². The minimum absolute atomic E-state index is 0.0465. The number of benzene rings is 3. The molecule has 304 valence electrons. The number of urea groups is 1. The second-order valence-electron chi connectivity index (χ2n) is 19.3. The van der Waals surface area contributed by atoms with Crippen LogP contribution in [0.25, 0.3) is 0 Å². The zero-order valence-electron chi connectivity index (χ0n) is 33.9. The van der Waals surface area contributed by atoms with Gasteiger partial charge in [0.1, 0.15) is 0 Å². The standard InChI is InChI=1S/C49H60F2N2O4/c1-31-8-7-18-47(3)42(40-15-12-33(23-39(54)14-11-31)24-41(40)45(55)38-13-16-43(50)44(51)25-38)17-19-49(47,57)30-53(46(56)52-32(2)37-9-5-4-6-10-37)29-48-26-34-20-35(27-48)22-36(21-34)28-48/h4-6,8-10,12-13,15-16,24-25,32,34-36,39,42,54,57H,7,11,14,17-23,26-30H2,1-3H3,(H,52,56)/t32-,34?,35?,36?,39+,42+,47+,48?,49-/m1/s1. The third-order valence-electron chi connectivity index (χ3n) is 15.2. The molecule has 0 unspecified atom stereocenters. The molecule has 10 rings (SSSR count). The molecular weight excluding hydrogens is 719 g/mol. The summed E-state index contributed by atoms with van der Waals surface area (Å²) in [4.78, 5) is 31.1. The lowest BCUT2D eigenvalue weighted by Crippen LogP contribution is -2.59. The summed E-state index contributed by atoms with van der Waals surface area (Å²) in [6.07, 6.45) is 12.9. The van der Waals surface area contributed by atoms with Crippen LogP contribution in [0.5, 0.6) is 0 Å².